The summed E-state index contributed by atoms with van der Waals surface area (Å²) in [5, 5.41) is 1.83. The molecule has 3 rings (SSSR count). The van der Waals surface area contributed by atoms with Gasteiger partial charge in [0, 0.05) is 34.9 Å². The SMILES string of the molecule is CCOP(=O)(/C=C/c1oc2ccc(Cl)c3c2c1CN(C)CC3)OCC.Cl. The van der Waals surface area contributed by atoms with Crippen molar-refractivity contribution in [3.63, 3.8) is 0 Å². The molecule has 1 aliphatic rings. The number of nitrogens with zero attached hydrogens (tertiary/aromatic N) is 1. The van der Waals surface area contributed by atoms with Gasteiger partial charge in [-0.05, 0) is 51.1 Å². The molecule has 0 amide bonds. The lowest BCUT2D eigenvalue weighted by molar-refractivity contribution is 0.229. The highest BCUT2D eigenvalue weighted by molar-refractivity contribution is 7.57. The Labute approximate surface area is 165 Å². The highest BCUT2D eigenvalue weighted by Gasteiger charge is 2.24. The van der Waals surface area contributed by atoms with Crippen LogP contribution in [0, 0.1) is 0 Å². The minimum Gasteiger partial charge on any atom is -0.456 e. The molecule has 8 heteroatoms. The quantitative estimate of drug-likeness (QED) is 0.559. The Hall–Kier alpha value is -0.810. The minimum absolute atomic E-state index is 0. The smallest absolute Gasteiger partial charge is 0.354 e. The molecule has 1 aromatic carbocycles. The van der Waals surface area contributed by atoms with E-state index in [1.165, 1.54) is 5.82 Å². The van der Waals surface area contributed by atoms with Gasteiger partial charge < -0.3 is 18.4 Å². The predicted octanol–water partition coefficient (Wildman–Crippen LogP) is 5.73. The lowest BCUT2D eigenvalue weighted by atomic mass is 10.0. The third-order valence-electron chi connectivity index (χ3n) is 4.23. The van der Waals surface area contributed by atoms with Gasteiger partial charge in [-0.3, -0.25) is 4.57 Å². The summed E-state index contributed by atoms with van der Waals surface area (Å²) in [6, 6.07) is 3.76. The minimum atomic E-state index is -3.27. The van der Waals surface area contributed by atoms with Gasteiger partial charge in [-0.2, -0.15) is 0 Å². The van der Waals surface area contributed by atoms with Gasteiger partial charge in [0.05, 0.1) is 13.2 Å². The first kappa shape index (κ1) is 21.5. The van der Waals surface area contributed by atoms with Gasteiger partial charge in [-0.1, -0.05) is 11.6 Å². The second-order valence-corrected chi connectivity index (χ2v) is 8.32. The van der Waals surface area contributed by atoms with Gasteiger partial charge >= 0.3 is 7.60 Å². The molecule has 0 fully saturated rings. The summed E-state index contributed by atoms with van der Waals surface area (Å²) in [5.41, 5.74) is 2.97. The molecule has 1 aliphatic heterocycles. The summed E-state index contributed by atoms with van der Waals surface area (Å²) in [6.45, 7) is 5.88. The molecule has 0 saturated heterocycles. The zero-order valence-electron chi connectivity index (χ0n) is 15.2. The molecule has 0 aliphatic carbocycles. The highest BCUT2D eigenvalue weighted by atomic mass is 35.5. The normalized spacial score (nSPS) is 15.4. The first-order chi connectivity index (χ1) is 12.0. The number of hydrogen-bond acceptors (Lipinski definition) is 5. The van der Waals surface area contributed by atoms with E-state index in [2.05, 4.69) is 11.9 Å². The van der Waals surface area contributed by atoms with E-state index in [9.17, 15) is 4.57 Å². The van der Waals surface area contributed by atoms with Gasteiger partial charge in [0.1, 0.15) is 11.3 Å². The maximum absolute atomic E-state index is 12.7. The van der Waals surface area contributed by atoms with Crippen molar-refractivity contribution in [3.05, 3.63) is 39.9 Å². The Morgan fingerprint density at radius 1 is 1.27 bits per heavy atom. The summed E-state index contributed by atoms with van der Waals surface area (Å²) < 4.78 is 29.3. The average Bonchev–Trinajstić information content (AvgIpc) is 2.80. The van der Waals surface area contributed by atoms with Gasteiger partial charge in [0.25, 0.3) is 0 Å². The third-order valence-corrected chi connectivity index (χ3v) is 6.34. The van der Waals surface area contributed by atoms with E-state index in [-0.39, 0.29) is 12.4 Å². The number of rotatable bonds is 6. The molecule has 0 atom stereocenters. The van der Waals surface area contributed by atoms with Gasteiger partial charge in [-0.25, -0.2) is 0 Å². The third kappa shape index (κ3) is 4.36. The van der Waals surface area contributed by atoms with Crippen molar-refractivity contribution in [2.45, 2.75) is 26.8 Å². The van der Waals surface area contributed by atoms with E-state index in [4.69, 9.17) is 25.1 Å². The van der Waals surface area contributed by atoms with Gasteiger partial charge in [0.2, 0.25) is 0 Å². The van der Waals surface area contributed by atoms with Crippen LogP contribution in [-0.2, 0) is 26.6 Å². The van der Waals surface area contributed by atoms with E-state index in [1.807, 2.05) is 12.1 Å². The van der Waals surface area contributed by atoms with Crippen molar-refractivity contribution in [1.82, 2.24) is 4.90 Å². The molecule has 5 nitrogen and oxygen atoms in total. The van der Waals surface area contributed by atoms with Gasteiger partial charge in [-0.15, -0.1) is 12.4 Å². The Bertz CT molecular complexity index is 839. The second-order valence-electron chi connectivity index (χ2n) is 6.02. The number of hydrogen-bond donors (Lipinski definition) is 0. The lowest BCUT2D eigenvalue weighted by Gasteiger charge is -2.14. The van der Waals surface area contributed by atoms with E-state index in [0.717, 1.165) is 46.6 Å². The summed E-state index contributed by atoms with van der Waals surface area (Å²) in [4.78, 5) is 2.22. The molecular weight excluding hydrogens is 396 g/mol. The van der Waals surface area contributed by atoms with Crippen molar-refractivity contribution in [1.29, 1.82) is 0 Å². The zero-order valence-corrected chi connectivity index (χ0v) is 17.6. The molecular formula is C18H24Cl2NO4P. The summed E-state index contributed by atoms with van der Waals surface area (Å²) in [5.74, 6) is 2.16. The topological polar surface area (TPSA) is 51.9 Å². The maximum atomic E-state index is 12.7. The summed E-state index contributed by atoms with van der Waals surface area (Å²) >= 11 is 6.41. The molecule has 1 aromatic heterocycles. The van der Waals surface area contributed by atoms with Crippen LogP contribution in [0.5, 0.6) is 0 Å². The van der Waals surface area contributed by atoms with Crippen LogP contribution in [0.3, 0.4) is 0 Å². The standard InChI is InChI=1S/C18H23ClNO4P.ClH/c1-4-22-25(21,23-5-2)11-9-16-14-12-20(3)10-8-13-15(19)6-7-17(24-16)18(13)14;/h6-7,9,11H,4-5,8,10,12H2,1-3H3;1H/b11-9+;. The van der Waals surface area contributed by atoms with Crippen LogP contribution >= 0.6 is 31.6 Å². The largest absolute Gasteiger partial charge is 0.456 e. The van der Waals surface area contributed by atoms with Crippen LogP contribution in [-0.4, -0.2) is 31.7 Å². The Morgan fingerprint density at radius 3 is 2.62 bits per heavy atom. The molecule has 0 N–H and O–H groups in total. The Balaban J connectivity index is 0.00000243. The predicted molar refractivity (Wildman–Crippen MR) is 108 cm³/mol. The van der Waals surface area contributed by atoms with Crippen molar-refractivity contribution in [2.75, 3.05) is 26.8 Å². The monoisotopic (exact) mass is 419 g/mol. The molecule has 26 heavy (non-hydrogen) atoms. The summed E-state index contributed by atoms with van der Waals surface area (Å²) in [6.07, 6.45) is 2.58. The fourth-order valence-corrected chi connectivity index (χ4v) is 4.69. The van der Waals surface area contributed by atoms with E-state index >= 15 is 0 Å². The molecule has 2 aromatic rings. The van der Waals surface area contributed by atoms with Crippen LogP contribution in [0.1, 0.15) is 30.7 Å². The number of furan rings is 1. The first-order valence-electron chi connectivity index (χ1n) is 8.46. The van der Waals surface area contributed by atoms with Crippen LogP contribution in [0.2, 0.25) is 5.02 Å². The van der Waals surface area contributed by atoms with E-state index < -0.39 is 7.60 Å². The maximum Gasteiger partial charge on any atom is 0.354 e. The van der Waals surface area contributed by atoms with E-state index in [0.29, 0.717) is 19.0 Å². The molecule has 0 saturated carbocycles. The van der Waals surface area contributed by atoms with Crippen LogP contribution < -0.4 is 0 Å². The van der Waals surface area contributed by atoms with Crippen LogP contribution in [0.15, 0.2) is 22.4 Å². The molecule has 0 spiro atoms. The van der Waals surface area contributed by atoms with Crippen molar-refractivity contribution in [2.24, 2.45) is 0 Å². The molecule has 0 unspecified atom stereocenters. The summed E-state index contributed by atoms with van der Waals surface area (Å²) in [7, 11) is -1.20. The Morgan fingerprint density at radius 2 is 1.96 bits per heavy atom. The van der Waals surface area contributed by atoms with E-state index in [1.54, 1.807) is 19.9 Å². The highest BCUT2D eigenvalue weighted by Crippen LogP contribution is 2.50. The average molecular weight is 420 g/mol. The number of benzene rings is 1. The fraction of sp³-hybridized carbons (Fsp3) is 0.444. The van der Waals surface area contributed by atoms with Crippen LogP contribution in [0.25, 0.3) is 17.0 Å². The Kier molecular flexibility index (Phi) is 7.37. The second kappa shape index (κ2) is 8.92. The van der Waals surface area contributed by atoms with Crippen molar-refractivity contribution >= 4 is 48.6 Å². The molecule has 144 valence electrons. The van der Waals surface area contributed by atoms with Crippen molar-refractivity contribution in [3.8, 4) is 0 Å². The molecule has 2 heterocycles. The molecule has 0 radical (unpaired) electrons. The van der Waals surface area contributed by atoms with Crippen molar-refractivity contribution < 1.29 is 18.0 Å². The lowest BCUT2D eigenvalue weighted by Crippen LogP contribution is -2.18. The number of halogens is 2. The number of likely N-dealkylation sites (N-methyl/N-ethyl adjacent to an activating group) is 1. The van der Waals surface area contributed by atoms with Gasteiger partial charge in [0.15, 0.2) is 0 Å². The van der Waals surface area contributed by atoms with Crippen LogP contribution in [0.4, 0.5) is 0 Å². The fourth-order valence-electron chi connectivity index (χ4n) is 3.15. The first-order valence-corrected chi connectivity index (χ1v) is 10.5. The zero-order chi connectivity index (χ0) is 18.0. The molecule has 0 bridgehead atoms.